The van der Waals surface area contributed by atoms with Crippen molar-refractivity contribution in [2.45, 2.75) is 12.8 Å². The Hall–Kier alpha value is -3.74. The van der Waals surface area contributed by atoms with Gasteiger partial charge in [-0.05, 0) is 12.1 Å². The van der Waals surface area contributed by atoms with Crippen LogP contribution in [0, 0.1) is 0 Å². The zero-order valence-corrected chi connectivity index (χ0v) is 17.5. The maximum Gasteiger partial charge on any atom is 0.239 e. The Morgan fingerprint density at radius 3 is 2.61 bits per heavy atom. The number of carbonyl (C=O) groups excluding carboxylic acids is 1. The van der Waals surface area contributed by atoms with Crippen LogP contribution in [0.4, 0.5) is 5.82 Å². The monoisotopic (exact) mass is 412 g/mol. The molecule has 5 rings (SSSR count). The van der Waals surface area contributed by atoms with Gasteiger partial charge in [0.2, 0.25) is 5.91 Å². The van der Waals surface area contributed by atoms with Gasteiger partial charge in [-0.1, -0.05) is 42.5 Å². The molecular formula is C24H24N6O. The Morgan fingerprint density at radius 2 is 1.77 bits per heavy atom. The predicted molar refractivity (Wildman–Crippen MR) is 121 cm³/mol. The molecule has 7 nitrogen and oxygen atoms in total. The average Bonchev–Trinajstić information content (AvgIpc) is 3.18. The molecule has 1 amide bonds. The third kappa shape index (κ3) is 3.99. The van der Waals surface area contributed by atoms with Crippen LogP contribution in [0.15, 0.2) is 60.8 Å². The Labute approximate surface area is 180 Å². The molecule has 1 N–H and O–H groups in total. The molecule has 2 aromatic heterocycles. The summed E-state index contributed by atoms with van der Waals surface area (Å²) in [6, 6.07) is 18.2. The van der Waals surface area contributed by atoms with E-state index in [0.29, 0.717) is 19.5 Å². The highest BCUT2D eigenvalue weighted by Gasteiger charge is 2.21. The van der Waals surface area contributed by atoms with E-state index in [1.54, 1.807) is 0 Å². The first-order chi connectivity index (χ1) is 15.2. The van der Waals surface area contributed by atoms with Crippen LogP contribution in [0.25, 0.3) is 22.2 Å². The molecule has 4 aromatic rings. The zero-order valence-electron chi connectivity index (χ0n) is 17.5. The number of hydrogen-bond donors (Lipinski definition) is 1. The lowest BCUT2D eigenvalue weighted by atomic mass is 10.2. The highest BCUT2D eigenvalue weighted by Crippen LogP contribution is 2.25. The molecule has 2 aromatic carbocycles. The molecule has 31 heavy (non-hydrogen) atoms. The van der Waals surface area contributed by atoms with Crippen molar-refractivity contribution in [1.29, 1.82) is 0 Å². The van der Waals surface area contributed by atoms with Crippen molar-refractivity contribution in [1.82, 2.24) is 24.8 Å². The lowest BCUT2D eigenvalue weighted by molar-refractivity contribution is -0.120. The van der Waals surface area contributed by atoms with Crippen molar-refractivity contribution in [2.75, 3.05) is 24.5 Å². The molecule has 0 radical (unpaired) electrons. The molecule has 1 aliphatic heterocycles. The quantitative estimate of drug-likeness (QED) is 0.546. The molecule has 3 heterocycles. The van der Waals surface area contributed by atoms with Crippen molar-refractivity contribution in [3.63, 3.8) is 0 Å². The molecule has 0 aliphatic carbocycles. The van der Waals surface area contributed by atoms with Gasteiger partial charge in [0, 0.05) is 50.1 Å². The van der Waals surface area contributed by atoms with E-state index in [-0.39, 0.29) is 5.91 Å². The second kappa shape index (κ2) is 8.18. The summed E-state index contributed by atoms with van der Waals surface area (Å²) in [6.45, 7) is 1.69. The van der Waals surface area contributed by atoms with E-state index in [1.807, 2.05) is 54.4 Å². The van der Waals surface area contributed by atoms with Crippen LogP contribution in [0.1, 0.15) is 11.6 Å². The largest absolute Gasteiger partial charge is 0.353 e. The highest BCUT2D eigenvalue weighted by molar-refractivity contribution is 5.92. The lowest BCUT2D eigenvalue weighted by Crippen LogP contribution is -2.48. The maximum absolute atomic E-state index is 11.9. The molecule has 156 valence electrons. The van der Waals surface area contributed by atoms with E-state index in [2.05, 4.69) is 28.2 Å². The van der Waals surface area contributed by atoms with Gasteiger partial charge in [-0.15, -0.1) is 0 Å². The van der Waals surface area contributed by atoms with Crippen molar-refractivity contribution >= 4 is 22.6 Å². The van der Waals surface area contributed by atoms with Gasteiger partial charge in [-0.3, -0.25) is 4.79 Å². The second-order valence-corrected chi connectivity index (χ2v) is 7.77. The fourth-order valence-electron chi connectivity index (χ4n) is 3.99. The minimum absolute atomic E-state index is 0.0249. The van der Waals surface area contributed by atoms with Gasteiger partial charge in [0.25, 0.3) is 0 Å². The Morgan fingerprint density at radius 1 is 0.968 bits per heavy atom. The van der Waals surface area contributed by atoms with Crippen molar-refractivity contribution in [2.24, 2.45) is 7.05 Å². The van der Waals surface area contributed by atoms with Crippen LogP contribution in [0.2, 0.25) is 0 Å². The van der Waals surface area contributed by atoms with Crippen molar-refractivity contribution in [3.8, 4) is 11.3 Å². The number of nitrogens with one attached hydrogen (secondary N) is 1. The number of carbonyl (C=O) groups is 1. The third-order valence-electron chi connectivity index (χ3n) is 5.58. The van der Waals surface area contributed by atoms with Gasteiger partial charge in [-0.25, -0.2) is 15.0 Å². The maximum atomic E-state index is 11.9. The van der Waals surface area contributed by atoms with Crippen molar-refractivity contribution < 1.29 is 4.79 Å². The Kier molecular flexibility index (Phi) is 5.08. The lowest BCUT2D eigenvalue weighted by Gasteiger charge is -2.28. The number of anilines is 1. The number of piperazine rings is 1. The fraction of sp³-hybridized carbons (Fsp3) is 0.250. The minimum Gasteiger partial charge on any atom is -0.353 e. The number of rotatable bonds is 5. The minimum atomic E-state index is 0.0249. The molecule has 1 aliphatic rings. The number of hydrogen-bond acceptors (Lipinski definition) is 5. The summed E-state index contributed by atoms with van der Waals surface area (Å²) in [5.74, 6) is 2.62. The average molecular weight is 412 g/mol. The number of imidazole rings is 1. The summed E-state index contributed by atoms with van der Waals surface area (Å²) in [4.78, 5) is 28.4. The number of nitrogens with zero attached hydrogens (tertiary/aromatic N) is 5. The third-order valence-corrected chi connectivity index (χ3v) is 5.58. The second-order valence-electron chi connectivity index (χ2n) is 7.77. The number of fused-ring (bicyclic) bond motifs is 1. The van der Waals surface area contributed by atoms with Crippen LogP contribution in [0.5, 0.6) is 0 Å². The Bertz CT molecular complexity index is 1230. The van der Waals surface area contributed by atoms with Crippen LogP contribution in [-0.2, 0) is 24.7 Å². The van der Waals surface area contributed by atoms with E-state index in [1.165, 1.54) is 0 Å². The van der Waals surface area contributed by atoms with E-state index < -0.39 is 0 Å². The van der Waals surface area contributed by atoms with Crippen molar-refractivity contribution in [3.05, 3.63) is 72.4 Å². The molecule has 0 atom stereocenters. The van der Waals surface area contributed by atoms with E-state index in [0.717, 1.165) is 52.6 Å². The molecular weight excluding hydrogens is 388 g/mol. The number of para-hydroxylation sites is 1. The van der Waals surface area contributed by atoms with Gasteiger partial charge in [0.05, 0.1) is 17.8 Å². The summed E-state index contributed by atoms with van der Waals surface area (Å²) in [6.07, 6.45) is 3.47. The zero-order chi connectivity index (χ0) is 21.2. The van der Waals surface area contributed by atoms with Gasteiger partial charge >= 0.3 is 0 Å². The Balaban J connectivity index is 1.42. The summed E-state index contributed by atoms with van der Waals surface area (Å²) >= 11 is 0. The molecule has 0 spiro atoms. The van der Waals surface area contributed by atoms with Crippen LogP contribution < -0.4 is 10.2 Å². The van der Waals surface area contributed by atoms with Gasteiger partial charge < -0.3 is 14.8 Å². The highest BCUT2D eigenvalue weighted by atomic mass is 16.2. The molecule has 1 fully saturated rings. The SMILES string of the molecule is Cn1cc(-c2ccccc2)nc1CCc1nc(N2CCNC(=O)C2)c2ccccc2n1. The molecule has 0 saturated carbocycles. The molecule has 0 bridgehead atoms. The van der Waals surface area contributed by atoms with Crippen LogP contribution >= 0.6 is 0 Å². The summed E-state index contributed by atoms with van der Waals surface area (Å²) in [7, 11) is 2.02. The standard InChI is InChI=1S/C24H24N6O/c1-29-15-20(17-7-3-2-4-8-17)27-22(29)12-11-21-26-19-10-6-5-9-18(19)24(28-21)30-14-13-25-23(31)16-30/h2-10,15H,11-14,16H2,1H3,(H,25,31). The summed E-state index contributed by atoms with van der Waals surface area (Å²) in [5.41, 5.74) is 2.98. The number of benzene rings is 2. The van der Waals surface area contributed by atoms with E-state index >= 15 is 0 Å². The predicted octanol–water partition coefficient (Wildman–Crippen LogP) is 2.75. The first kappa shape index (κ1) is 19.2. The number of amides is 1. The van der Waals surface area contributed by atoms with Gasteiger partial charge in [-0.2, -0.15) is 0 Å². The van der Waals surface area contributed by atoms with Crippen LogP contribution in [-0.4, -0.2) is 45.1 Å². The molecule has 7 heteroatoms. The smallest absolute Gasteiger partial charge is 0.239 e. The molecule has 0 unspecified atom stereocenters. The number of aromatic nitrogens is 4. The van der Waals surface area contributed by atoms with Gasteiger partial charge in [0.1, 0.15) is 17.5 Å². The summed E-state index contributed by atoms with van der Waals surface area (Å²) < 4.78 is 2.07. The summed E-state index contributed by atoms with van der Waals surface area (Å²) in [5, 5.41) is 3.85. The van der Waals surface area contributed by atoms with E-state index in [4.69, 9.17) is 15.0 Å². The van der Waals surface area contributed by atoms with E-state index in [9.17, 15) is 4.79 Å². The first-order valence-corrected chi connectivity index (χ1v) is 10.5. The fourth-order valence-corrected chi connectivity index (χ4v) is 3.99. The normalized spacial score (nSPS) is 14.1. The first-order valence-electron chi connectivity index (χ1n) is 10.5. The number of aryl methyl sites for hydroxylation is 3. The van der Waals surface area contributed by atoms with Gasteiger partial charge in [0.15, 0.2) is 0 Å². The molecule has 1 saturated heterocycles. The van der Waals surface area contributed by atoms with Crippen LogP contribution in [0.3, 0.4) is 0 Å². The topological polar surface area (TPSA) is 75.9 Å².